The van der Waals surface area contributed by atoms with E-state index in [4.69, 9.17) is 0 Å². The largest absolute Gasteiger partial charge is 0.478 e. The van der Waals surface area contributed by atoms with Gasteiger partial charge in [0.1, 0.15) is 3.57 Å². The molecule has 7 nitrogen and oxygen atoms in total. The SMILES string of the molecule is CC(=O)N(C)c1c(I)c(C(=O)O)c(I)c([N+]2(C)C(=O)CCC2=O)c1I. The number of nitrogens with zero attached hydrogens (tertiary/aromatic N) is 2. The van der Waals surface area contributed by atoms with E-state index in [0.29, 0.717) is 22.1 Å². The third-order valence-electron chi connectivity index (χ3n) is 4.29. The van der Waals surface area contributed by atoms with E-state index >= 15 is 0 Å². The van der Waals surface area contributed by atoms with Gasteiger partial charge in [0.2, 0.25) is 5.91 Å². The highest BCUT2D eigenvalue weighted by Gasteiger charge is 2.51. The molecule has 10 heteroatoms. The van der Waals surface area contributed by atoms with Crippen LogP contribution in [0, 0.1) is 10.7 Å². The Kier molecular flexibility index (Phi) is 6.15. The van der Waals surface area contributed by atoms with Gasteiger partial charge in [0.05, 0.1) is 38.3 Å². The van der Waals surface area contributed by atoms with Crippen molar-refractivity contribution >= 4 is 103 Å². The lowest BCUT2D eigenvalue weighted by Gasteiger charge is -2.29. The zero-order chi connectivity index (χ0) is 19.3. The fourth-order valence-electron chi connectivity index (χ4n) is 2.72. The maximum Gasteiger partial charge on any atom is 0.338 e. The summed E-state index contributed by atoms with van der Waals surface area (Å²) < 4.78 is 0.684. The standard InChI is InChI=1S/C15H13I3N2O5/c1-6(21)19(2)13-10(16)9(15(24)25)11(17)14(12(13)18)20(3)7(22)4-5-8(20)23/h4-5H2,1-3H3/p+1. The van der Waals surface area contributed by atoms with Gasteiger partial charge in [0.15, 0.2) is 5.69 Å². The van der Waals surface area contributed by atoms with Crippen molar-refractivity contribution < 1.29 is 24.3 Å². The highest BCUT2D eigenvalue weighted by atomic mass is 127. The molecule has 0 saturated carbocycles. The van der Waals surface area contributed by atoms with Crippen LogP contribution in [0.25, 0.3) is 0 Å². The van der Waals surface area contributed by atoms with Crippen LogP contribution >= 0.6 is 67.8 Å². The molecule has 0 aliphatic carbocycles. The van der Waals surface area contributed by atoms with Crippen molar-refractivity contribution in [3.63, 3.8) is 0 Å². The topological polar surface area (TPSA) is 91.8 Å². The predicted octanol–water partition coefficient (Wildman–Crippen LogP) is 2.97. The summed E-state index contributed by atoms with van der Waals surface area (Å²) in [6.07, 6.45) is 0.238. The number of hydrogen-bond donors (Lipinski definition) is 1. The Labute approximate surface area is 185 Å². The molecule has 0 spiro atoms. The molecule has 2 rings (SSSR count). The molecule has 25 heavy (non-hydrogen) atoms. The van der Waals surface area contributed by atoms with E-state index in [0.717, 1.165) is 0 Å². The fraction of sp³-hybridized carbons (Fsp3) is 0.333. The summed E-state index contributed by atoms with van der Waals surface area (Å²) in [6, 6.07) is 0. The molecule has 0 aromatic heterocycles. The maximum atomic E-state index is 12.5. The number of rotatable bonds is 3. The molecule has 1 aliphatic heterocycles. The molecule has 0 unspecified atom stereocenters. The van der Waals surface area contributed by atoms with Crippen LogP contribution in [0.5, 0.6) is 0 Å². The zero-order valence-electron chi connectivity index (χ0n) is 13.5. The van der Waals surface area contributed by atoms with Gasteiger partial charge < -0.3 is 10.0 Å². The molecule has 1 aromatic carbocycles. The van der Waals surface area contributed by atoms with Gasteiger partial charge in [0, 0.05) is 14.0 Å². The molecule has 1 aliphatic rings. The number of carboxylic acids is 1. The second-order valence-electron chi connectivity index (χ2n) is 5.69. The van der Waals surface area contributed by atoms with E-state index in [1.54, 1.807) is 0 Å². The van der Waals surface area contributed by atoms with E-state index in [1.165, 1.54) is 25.9 Å². The van der Waals surface area contributed by atoms with Crippen molar-refractivity contribution in [3.8, 4) is 0 Å². The Morgan fingerprint density at radius 1 is 1.04 bits per heavy atom. The molecular formula is C15H14I3N2O5+. The van der Waals surface area contributed by atoms with Crippen molar-refractivity contribution in [1.29, 1.82) is 0 Å². The van der Waals surface area contributed by atoms with E-state index in [2.05, 4.69) is 0 Å². The van der Waals surface area contributed by atoms with Crippen molar-refractivity contribution in [2.45, 2.75) is 19.8 Å². The van der Waals surface area contributed by atoms with Gasteiger partial charge in [-0.1, -0.05) is 0 Å². The van der Waals surface area contributed by atoms with Gasteiger partial charge >= 0.3 is 17.8 Å². The Morgan fingerprint density at radius 2 is 1.52 bits per heavy atom. The van der Waals surface area contributed by atoms with Crippen LogP contribution in [-0.4, -0.2) is 42.9 Å². The minimum absolute atomic E-state index is 0.00781. The summed E-state index contributed by atoms with van der Waals surface area (Å²) in [7, 11) is 3.03. The Bertz CT molecular complexity index is 821. The summed E-state index contributed by atoms with van der Waals surface area (Å²) in [6.45, 7) is 1.37. The van der Waals surface area contributed by atoms with Crippen LogP contribution in [0.15, 0.2) is 0 Å². The van der Waals surface area contributed by atoms with Crippen LogP contribution in [0.1, 0.15) is 30.1 Å². The number of carbonyl (C=O) groups excluding carboxylic acids is 3. The van der Waals surface area contributed by atoms with Crippen LogP contribution in [0.3, 0.4) is 0 Å². The third-order valence-corrected chi connectivity index (χ3v) is 7.41. The monoisotopic (exact) mass is 683 g/mol. The van der Waals surface area contributed by atoms with Gasteiger partial charge in [-0.05, 0) is 67.8 Å². The number of hydrogen-bond acceptors (Lipinski definition) is 4. The minimum Gasteiger partial charge on any atom is -0.478 e. The first-order chi connectivity index (χ1) is 11.5. The van der Waals surface area contributed by atoms with Crippen molar-refractivity contribution in [2.24, 2.45) is 0 Å². The average Bonchev–Trinajstić information content (AvgIpc) is 2.74. The quantitative estimate of drug-likeness (QED) is 0.301. The molecule has 134 valence electrons. The van der Waals surface area contributed by atoms with Crippen molar-refractivity contribution in [2.75, 3.05) is 19.0 Å². The molecule has 1 aromatic rings. The van der Waals surface area contributed by atoms with Crippen molar-refractivity contribution in [1.82, 2.24) is 4.48 Å². The molecule has 0 bridgehead atoms. The first-order valence-electron chi connectivity index (χ1n) is 7.08. The van der Waals surface area contributed by atoms with E-state index < -0.39 is 10.5 Å². The Morgan fingerprint density at radius 3 is 1.92 bits per heavy atom. The molecule has 3 amide bonds. The molecule has 1 N–H and O–H groups in total. The first-order valence-corrected chi connectivity index (χ1v) is 10.3. The number of likely N-dealkylation sites (tertiary alicyclic amines) is 1. The second-order valence-corrected chi connectivity index (χ2v) is 8.93. The van der Waals surface area contributed by atoms with Crippen LogP contribution in [0.4, 0.5) is 11.4 Å². The number of carboxylic acid groups (broad SMARTS) is 1. The molecular weight excluding hydrogens is 669 g/mol. The lowest BCUT2D eigenvalue weighted by molar-refractivity contribution is -0.136. The summed E-state index contributed by atoms with van der Waals surface area (Å²) in [5.74, 6) is -2.01. The fourth-order valence-corrected chi connectivity index (χ4v) is 8.04. The van der Waals surface area contributed by atoms with E-state index in [-0.39, 0.29) is 36.1 Å². The summed E-state index contributed by atoms with van der Waals surface area (Å²) >= 11 is 5.74. The number of imide groups is 1. The first kappa shape index (κ1) is 21.0. The lowest BCUT2D eigenvalue weighted by atomic mass is 10.1. The third kappa shape index (κ3) is 3.22. The van der Waals surface area contributed by atoms with Gasteiger partial charge in [-0.15, -0.1) is 0 Å². The van der Waals surface area contributed by atoms with Crippen LogP contribution < -0.4 is 9.38 Å². The normalized spacial score (nSPS) is 16.2. The van der Waals surface area contributed by atoms with Gasteiger partial charge in [-0.2, -0.15) is 4.48 Å². The number of carbonyl (C=O) groups is 4. The number of anilines is 1. The van der Waals surface area contributed by atoms with Gasteiger partial charge in [0.25, 0.3) is 0 Å². The number of halogens is 3. The summed E-state index contributed by atoms with van der Waals surface area (Å²) in [5.41, 5.74) is 0.717. The number of aromatic carboxylic acids is 1. The Hall–Kier alpha value is -0.350. The van der Waals surface area contributed by atoms with E-state index in [9.17, 15) is 24.3 Å². The smallest absolute Gasteiger partial charge is 0.338 e. The Balaban J connectivity index is 2.99. The average molecular weight is 683 g/mol. The highest BCUT2D eigenvalue weighted by molar-refractivity contribution is 14.1. The molecule has 1 heterocycles. The van der Waals surface area contributed by atoms with Gasteiger partial charge in [-0.3, -0.25) is 4.79 Å². The molecule has 1 saturated heterocycles. The molecule has 1 fully saturated rings. The van der Waals surface area contributed by atoms with Crippen molar-refractivity contribution in [3.05, 3.63) is 16.3 Å². The lowest BCUT2D eigenvalue weighted by Crippen LogP contribution is -2.51. The number of benzene rings is 1. The summed E-state index contributed by atoms with van der Waals surface area (Å²) in [4.78, 5) is 50.1. The minimum atomic E-state index is -1.17. The predicted molar refractivity (Wildman–Crippen MR) is 118 cm³/mol. The second kappa shape index (κ2) is 7.34. The highest BCUT2D eigenvalue weighted by Crippen LogP contribution is 2.45. The number of quaternary nitrogens is 1. The number of amides is 3. The molecule has 0 atom stereocenters. The van der Waals surface area contributed by atoms with Crippen LogP contribution in [-0.2, 0) is 14.4 Å². The zero-order valence-corrected chi connectivity index (χ0v) is 20.0. The maximum absolute atomic E-state index is 12.5. The molecule has 0 radical (unpaired) electrons. The van der Waals surface area contributed by atoms with Crippen LogP contribution in [0.2, 0.25) is 0 Å². The summed E-state index contributed by atoms with van der Waals surface area (Å²) in [5, 5.41) is 9.67. The van der Waals surface area contributed by atoms with E-state index in [1.807, 2.05) is 67.8 Å². The van der Waals surface area contributed by atoms with Gasteiger partial charge in [-0.25, -0.2) is 14.4 Å².